The van der Waals surface area contributed by atoms with Gasteiger partial charge < -0.3 is 20.5 Å². The average Bonchev–Trinajstić information content (AvgIpc) is 2.41. The van der Waals surface area contributed by atoms with Gasteiger partial charge in [0.05, 0.1) is 25.9 Å². The third-order valence-electron chi connectivity index (χ3n) is 3.31. The molecule has 1 heterocycles. The number of nitrogens with zero attached hydrogens (tertiary/aromatic N) is 1. The SMILES string of the molecule is Cc1c(N)cccc1C(=O)N1CCOCC1CO. The van der Waals surface area contributed by atoms with E-state index in [9.17, 15) is 9.90 Å². The molecule has 1 aromatic carbocycles. The van der Waals surface area contributed by atoms with Crippen LogP contribution in [0.25, 0.3) is 0 Å². The summed E-state index contributed by atoms with van der Waals surface area (Å²) in [7, 11) is 0. The molecule has 5 nitrogen and oxygen atoms in total. The number of nitrogen functional groups attached to an aromatic ring is 1. The first-order chi connectivity index (χ1) is 8.65. The summed E-state index contributed by atoms with van der Waals surface area (Å²) in [6.07, 6.45) is 0. The number of aliphatic hydroxyl groups excluding tert-OH is 1. The largest absolute Gasteiger partial charge is 0.398 e. The summed E-state index contributed by atoms with van der Waals surface area (Å²) in [6, 6.07) is 5.03. The van der Waals surface area contributed by atoms with Crippen molar-refractivity contribution in [3.63, 3.8) is 0 Å². The minimum Gasteiger partial charge on any atom is -0.398 e. The highest BCUT2D eigenvalue weighted by Gasteiger charge is 2.28. The minimum absolute atomic E-state index is 0.0902. The minimum atomic E-state index is -0.271. The Balaban J connectivity index is 2.27. The number of rotatable bonds is 2. The molecular weight excluding hydrogens is 232 g/mol. The molecule has 0 aliphatic carbocycles. The van der Waals surface area contributed by atoms with Crippen molar-refractivity contribution in [2.75, 3.05) is 32.1 Å². The zero-order chi connectivity index (χ0) is 13.1. The van der Waals surface area contributed by atoms with Gasteiger partial charge in [-0.25, -0.2) is 0 Å². The van der Waals surface area contributed by atoms with Gasteiger partial charge in [0, 0.05) is 17.8 Å². The van der Waals surface area contributed by atoms with Crippen LogP contribution in [-0.2, 0) is 4.74 Å². The Bertz CT molecular complexity index is 448. The van der Waals surface area contributed by atoms with Crippen molar-refractivity contribution in [3.8, 4) is 0 Å². The lowest BCUT2D eigenvalue weighted by Crippen LogP contribution is -2.50. The molecule has 1 amide bonds. The first kappa shape index (κ1) is 12.9. The molecule has 1 fully saturated rings. The molecule has 1 atom stereocenters. The maximum absolute atomic E-state index is 12.4. The maximum Gasteiger partial charge on any atom is 0.254 e. The summed E-state index contributed by atoms with van der Waals surface area (Å²) in [4.78, 5) is 14.1. The van der Waals surface area contributed by atoms with E-state index in [1.54, 1.807) is 23.1 Å². The van der Waals surface area contributed by atoms with Gasteiger partial charge in [-0.15, -0.1) is 0 Å². The third kappa shape index (κ3) is 2.32. The van der Waals surface area contributed by atoms with Gasteiger partial charge in [0.2, 0.25) is 0 Å². The van der Waals surface area contributed by atoms with Crippen molar-refractivity contribution in [1.82, 2.24) is 4.90 Å². The van der Waals surface area contributed by atoms with Crippen LogP contribution in [0.2, 0.25) is 0 Å². The van der Waals surface area contributed by atoms with Crippen LogP contribution in [0.3, 0.4) is 0 Å². The van der Waals surface area contributed by atoms with Crippen LogP contribution in [0, 0.1) is 6.92 Å². The zero-order valence-corrected chi connectivity index (χ0v) is 10.4. The lowest BCUT2D eigenvalue weighted by atomic mass is 10.0. The first-order valence-corrected chi connectivity index (χ1v) is 5.99. The number of carbonyl (C=O) groups excluding carboxylic acids is 1. The molecule has 1 aromatic rings. The maximum atomic E-state index is 12.4. The van der Waals surface area contributed by atoms with E-state index in [1.165, 1.54) is 0 Å². The molecule has 2 rings (SSSR count). The van der Waals surface area contributed by atoms with Gasteiger partial charge in [-0.2, -0.15) is 0 Å². The van der Waals surface area contributed by atoms with E-state index >= 15 is 0 Å². The lowest BCUT2D eigenvalue weighted by molar-refractivity contribution is -0.0184. The van der Waals surface area contributed by atoms with Crippen molar-refractivity contribution < 1.29 is 14.6 Å². The fourth-order valence-corrected chi connectivity index (χ4v) is 2.11. The average molecular weight is 250 g/mol. The summed E-state index contributed by atoms with van der Waals surface area (Å²) >= 11 is 0. The summed E-state index contributed by atoms with van der Waals surface area (Å²) in [5.74, 6) is -0.0952. The van der Waals surface area contributed by atoms with Gasteiger partial charge in [0.25, 0.3) is 5.91 Å². The van der Waals surface area contributed by atoms with E-state index < -0.39 is 0 Å². The number of nitrogens with two attached hydrogens (primary N) is 1. The fourth-order valence-electron chi connectivity index (χ4n) is 2.11. The zero-order valence-electron chi connectivity index (χ0n) is 10.4. The molecule has 1 aliphatic heterocycles. The Kier molecular flexibility index (Phi) is 3.84. The highest BCUT2D eigenvalue weighted by molar-refractivity contribution is 5.97. The topological polar surface area (TPSA) is 75.8 Å². The Morgan fingerprint density at radius 1 is 1.61 bits per heavy atom. The molecule has 0 spiro atoms. The summed E-state index contributed by atoms with van der Waals surface area (Å²) in [5.41, 5.74) is 7.79. The van der Waals surface area contributed by atoms with E-state index in [0.29, 0.717) is 31.0 Å². The fraction of sp³-hybridized carbons (Fsp3) is 0.462. The van der Waals surface area contributed by atoms with E-state index in [2.05, 4.69) is 0 Å². The molecular formula is C13H18N2O3. The predicted octanol–water partition coefficient (Wildman–Crippen LogP) is 0.411. The number of hydrogen-bond donors (Lipinski definition) is 2. The molecule has 0 aromatic heterocycles. The lowest BCUT2D eigenvalue weighted by Gasteiger charge is -2.34. The molecule has 18 heavy (non-hydrogen) atoms. The number of anilines is 1. The van der Waals surface area contributed by atoms with Gasteiger partial charge in [0.15, 0.2) is 0 Å². The number of aliphatic hydroxyl groups is 1. The van der Waals surface area contributed by atoms with Gasteiger partial charge in [-0.05, 0) is 24.6 Å². The number of hydrogen-bond acceptors (Lipinski definition) is 4. The standard InChI is InChI=1S/C13H18N2O3/c1-9-11(3-2-4-12(9)14)13(17)15-5-6-18-8-10(15)7-16/h2-4,10,16H,5-8,14H2,1H3. The first-order valence-electron chi connectivity index (χ1n) is 5.99. The van der Waals surface area contributed by atoms with E-state index in [0.717, 1.165) is 5.56 Å². The molecule has 5 heteroatoms. The Morgan fingerprint density at radius 2 is 2.39 bits per heavy atom. The van der Waals surface area contributed by atoms with Gasteiger partial charge in [-0.3, -0.25) is 4.79 Å². The molecule has 0 bridgehead atoms. The summed E-state index contributed by atoms with van der Waals surface area (Å²) in [6.45, 7) is 3.12. The van der Waals surface area contributed by atoms with Crippen LogP contribution in [0.15, 0.2) is 18.2 Å². The smallest absolute Gasteiger partial charge is 0.254 e. The molecule has 1 aliphatic rings. The van der Waals surface area contributed by atoms with Crippen molar-refractivity contribution >= 4 is 11.6 Å². The molecule has 1 saturated heterocycles. The predicted molar refractivity (Wildman–Crippen MR) is 68.3 cm³/mol. The van der Waals surface area contributed by atoms with Crippen LogP contribution >= 0.6 is 0 Å². The number of benzene rings is 1. The van der Waals surface area contributed by atoms with Crippen LogP contribution in [0.4, 0.5) is 5.69 Å². The van der Waals surface area contributed by atoms with E-state index in [-0.39, 0.29) is 18.6 Å². The number of carbonyl (C=O) groups is 1. The highest BCUT2D eigenvalue weighted by atomic mass is 16.5. The number of ether oxygens (including phenoxy) is 1. The molecule has 0 saturated carbocycles. The van der Waals surface area contributed by atoms with Gasteiger partial charge in [0.1, 0.15) is 0 Å². The van der Waals surface area contributed by atoms with E-state index in [4.69, 9.17) is 10.5 Å². The van der Waals surface area contributed by atoms with Crippen molar-refractivity contribution in [2.45, 2.75) is 13.0 Å². The molecule has 1 unspecified atom stereocenters. The Morgan fingerprint density at radius 3 is 3.11 bits per heavy atom. The van der Waals surface area contributed by atoms with Crippen molar-refractivity contribution in [2.24, 2.45) is 0 Å². The Labute approximate surface area is 106 Å². The van der Waals surface area contributed by atoms with Crippen LogP contribution < -0.4 is 5.73 Å². The van der Waals surface area contributed by atoms with Crippen molar-refractivity contribution in [1.29, 1.82) is 0 Å². The second kappa shape index (κ2) is 5.37. The van der Waals surface area contributed by atoms with E-state index in [1.807, 2.05) is 6.92 Å². The van der Waals surface area contributed by atoms with Crippen LogP contribution in [-0.4, -0.2) is 48.3 Å². The quantitative estimate of drug-likeness (QED) is 0.745. The van der Waals surface area contributed by atoms with Crippen LogP contribution in [0.1, 0.15) is 15.9 Å². The second-order valence-electron chi connectivity index (χ2n) is 4.43. The van der Waals surface area contributed by atoms with Crippen LogP contribution in [0.5, 0.6) is 0 Å². The van der Waals surface area contributed by atoms with Gasteiger partial charge in [-0.1, -0.05) is 6.07 Å². The summed E-state index contributed by atoms with van der Waals surface area (Å²) < 4.78 is 5.26. The number of morpholine rings is 1. The van der Waals surface area contributed by atoms with Crippen molar-refractivity contribution in [3.05, 3.63) is 29.3 Å². The normalized spacial score (nSPS) is 19.9. The monoisotopic (exact) mass is 250 g/mol. The number of amides is 1. The molecule has 98 valence electrons. The summed E-state index contributed by atoms with van der Waals surface area (Å²) in [5, 5.41) is 9.28. The Hall–Kier alpha value is -1.59. The van der Waals surface area contributed by atoms with Gasteiger partial charge >= 0.3 is 0 Å². The third-order valence-corrected chi connectivity index (χ3v) is 3.31. The highest BCUT2D eigenvalue weighted by Crippen LogP contribution is 2.19. The molecule has 3 N–H and O–H groups in total. The second-order valence-corrected chi connectivity index (χ2v) is 4.43. The molecule has 0 radical (unpaired) electrons.